The lowest BCUT2D eigenvalue weighted by Crippen LogP contribution is -2.59. The summed E-state index contributed by atoms with van der Waals surface area (Å²) in [4.78, 5) is 0. The molecule has 0 aromatic rings. The lowest BCUT2D eigenvalue weighted by molar-refractivity contribution is -0.356. The van der Waals surface area contributed by atoms with Crippen LogP contribution < -0.4 is 0 Å². The molecule has 0 spiro atoms. The van der Waals surface area contributed by atoms with Crippen molar-refractivity contribution in [2.45, 2.75) is 61.5 Å². The molecule has 0 saturated heterocycles. The van der Waals surface area contributed by atoms with Crippen molar-refractivity contribution < 1.29 is 30.7 Å². The summed E-state index contributed by atoms with van der Waals surface area (Å²) in [5, 5.41) is 0. The lowest BCUT2D eigenvalue weighted by Gasteiger charge is -2.37. The van der Waals surface area contributed by atoms with Crippen LogP contribution in [0, 0.1) is 5.92 Å². The number of hydrogen-bond donors (Lipinski definition) is 0. The van der Waals surface area contributed by atoms with Crippen LogP contribution in [-0.2, 0) is 0 Å². The Morgan fingerprint density at radius 1 is 0.895 bits per heavy atom. The van der Waals surface area contributed by atoms with Gasteiger partial charge in [0.15, 0.2) is 0 Å². The quantitative estimate of drug-likeness (QED) is 0.224. The standard InChI is InChI=1S/C11H16F7I/c1-3-4-5-6-8(19)7(2)9(12,10(13,14)15)11(16,17)18/h7-8H,3-6H2,1-2H3. The molecule has 0 aliphatic carbocycles. The van der Waals surface area contributed by atoms with Crippen LogP contribution in [0.2, 0.25) is 0 Å². The van der Waals surface area contributed by atoms with E-state index < -0.39 is 27.9 Å². The van der Waals surface area contributed by atoms with Gasteiger partial charge in [0.05, 0.1) is 0 Å². The molecule has 0 nitrogen and oxygen atoms in total. The Bertz CT molecular complexity index is 257. The zero-order valence-corrected chi connectivity index (χ0v) is 12.7. The zero-order chi connectivity index (χ0) is 15.5. The summed E-state index contributed by atoms with van der Waals surface area (Å²) in [5.74, 6) is -2.18. The third kappa shape index (κ3) is 4.35. The van der Waals surface area contributed by atoms with Gasteiger partial charge in [-0.1, -0.05) is 55.7 Å². The fourth-order valence-corrected chi connectivity index (χ4v) is 2.70. The van der Waals surface area contributed by atoms with Crippen molar-refractivity contribution in [3.05, 3.63) is 0 Å². The molecule has 0 aliphatic rings. The first-order valence-corrected chi connectivity index (χ1v) is 7.10. The van der Waals surface area contributed by atoms with E-state index in [4.69, 9.17) is 0 Å². The Morgan fingerprint density at radius 2 is 1.32 bits per heavy atom. The van der Waals surface area contributed by atoms with E-state index in [1.165, 1.54) is 22.6 Å². The summed E-state index contributed by atoms with van der Waals surface area (Å²) >= 11 is 1.47. The van der Waals surface area contributed by atoms with Crippen molar-refractivity contribution in [3.8, 4) is 0 Å². The highest BCUT2D eigenvalue weighted by atomic mass is 127. The molecule has 8 heteroatoms. The Balaban J connectivity index is 5.09. The normalized spacial score (nSPS) is 17.4. The van der Waals surface area contributed by atoms with E-state index in [0.717, 1.165) is 6.42 Å². The van der Waals surface area contributed by atoms with Crippen LogP contribution in [0.15, 0.2) is 0 Å². The van der Waals surface area contributed by atoms with Crippen LogP contribution in [0.1, 0.15) is 39.5 Å². The van der Waals surface area contributed by atoms with Gasteiger partial charge in [0, 0.05) is 9.84 Å². The van der Waals surface area contributed by atoms with Gasteiger partial charge in [0.1, 0.15) is 0 Å². The number of halogens is 8. The van der Waals surface area contributed by atoms with Crippen molar-refractivity contribution >= 4 is 22.6 Å². The monoisotopic (exact) mass is 408 g/mol. The Labute approximate surface area is 121 Å². The molecule has 0 N–H and O–H groups in total. The fourth-order valence-electron chi connectivity index (χ4n) is 1.77. The molecule has 2 unspecified atom stereocenters. The van der Waals surface area contributed by atoms with Crippen LogP contribution in [0.5, 0.6) is 0 Å². The van der Waals surface area contributed by atoms with Gasteiger partial charge in [-0.2, -0.15) is 26.3 Å². The highest BCUT2D eigenvalue weighted by Crippen LogP contribution is 2.52. The summed E-state index contributed by atoms with van der Waals surface area (Å²) in [6, 6.07) is 0. The van der Waals surface area contributed by atoms with Gasteiger partial charge in [0.25, 0.3) is 0 Å². The van der Waals surface area contributed by atoms with Crippen LogP contribution in [0.25, 0.3) is 0 Å². The second-order valence-corrected chi connectivity index (χ2v) is 6.11. The van der Waals surface area contributed by atoms with Crippen LogP contribution in [-0.4, -0.2) is 21.9 Å². The van der Waals surface area contributed by atoms with E-state index in [1.54, 1.807) is 0 Å². The van der Waals surface area contributed by atoms with Gasteiger partial charge >= 0.3 is 18.0 Å². The fraction of sp³-hybridized carbons (Fsp3) is 1.00. The maximum absolute atomic E-state index is 13.7. The Morgan fingerprint density at radius 3 is 1.63 bits per heavy atom. The smallest absolute Gasteiger partial charge is 0.223 e. The molecule has 0 aliphatic heterocycles. The first-order valence-electron chi connectivity index (χ1n) is 5.86. The Hall–Kier alpha value is 0.240. The Kier molecular flexibility index (Phi) is 6.88. The largest absolute Gasteiger partial charge is 0.431 e. The van der Waals surface area contributed by atoms with E-state index in [2.05, 4.69) is 0 Å². The molecule has 116 valence electrons. The summed E-state index contributed by atoms with van der Waals surface area (Å²) < 4.78 is 87.7. The highest BCUT2D eigenvalue weighted by molar-refractivity contribution is 14.1. The highest BCUT2D eigenvalue weighted by Gasteiger charge is 2.75. The molecule has 0 fully saturated rings. The number of alkyl halides is 8. The molecule has 0 aromatic carbocycles. The zero-order valence-electron chi connectivity index (χ0n) is 10.5. The van der Waals surface area contributed by atoms with Gasteiger partial charge in [-0.15, -0.1) is 0 Å². The second kappa shape index (κ2) is 6.80. The molecule has 0 amide bonds. The average molecular weight is 408 g/mol. The molecule has 0 radical (unpaired) electrons. The minimum absolute atomic E-state index is 0.132. The first kappa shape index (κ1) is 19.2. The minimum Gasteiger partial charge on any atom is -0.223 e. The topological polar surface area (TPSA) is 0 Å². The molecular weight excluding hydrogens is 392 g/mol. The summed E-state index contributed by atoms with van der Waals surface area (Å²) in [6.07, 6.45) is -9.81. The van der Waals surface area contributed by atoms with Crippen molar-refractivity contribution in [2.24, 2.45) is 5.92 Å². The van der Waals surface area contributed by atoms with Crippen LogP contribution in [0.4, 0.5) is 30.7 Å². The molecule has 0 rings (SSSR count). The average Bonchev–Trinajstić information content (AvgIpc) is 2.24. The SMILES string of the molecule is CCCCCC(I)C(C)C(F)(C(F)(F)F)C(F)(F)F. The number of rotatable bonds is 6. The predicted molar refractivity (Wildman–Crippen MR) is 67.1 cm³/mol. The van der Waals surface area contributed by atoms with E-state index in [9.17, 15) is 30.7 Å². The summed E-state index contributed by atoms with van der Waals surface area (Å²) in [6.45, 7) is 2.53. The van der Waals surface area contributed by atoms with Crippen molar-refractivity contribution in [3.63, 3.8) is 0 Å². The molecular formula is C11H16F7I. The van der Waals surface area contributed by atoms with E-state index >= 15 is 0 Å². The molecule has 2 atom stereocenters. The van der Waals surface area contributed by atoms with E-state index in [1.807, 2.05) is 6.92 Å². The lowest BCUT2D eigenvalue weighted by atomic mass is 9.85. The second-order valence-electron chi connectivity index (χ2n) is 4.51. The number of hydrogen-bond acceptors (Lipinski definition) is 0. The maximum atomic E-state index is 13.7. The van der Waals surface area contributed by atoms with Crippen molar-refractivity contribution in [1.29, 1.82) is 0 Å². The molecule has 19 heavy (non-hydrogen) atoms. The van der Waals surface area contributed by atoms with Gasteiger partial charge < -0.3 is 0 Å². The maximum Gasteiger partial charge on any atom is 0.431 e. The van der Waals surface area contributed by atoms with Crippen molar-refractivity contribution in [2.75, 3.05) is 0 Å². The van der Waals surface area contributed by atoms with Crippen LogP contribution in [0.3, 0.4) is 0 Å². The van der Waals surface area contributed by atoms with E-state index in [-0.39, 0.29) is 6.42 Å². The third-order valence-electron chi connectivity index (χ3n) is 3.08. The molecule has 0 bridgehead atoms. The first-order chi connectivity index (χ1) is 8.39. The summed E-state index contributed by atoms with van der Waals surface area (Å²) in [5.41, 5.74) is -5.15. The minimum atomic E-state index is -5.96. The third-order valence-corrected chi connectivity index (χ3v) is 4.78. The van der Waals surface area contributed by atoms with E-state index in [0.29, 0.717) is 19.8 Å². The summed E-state index contributed by atoms with van der Waals surface area (Å²) in [7, 11) is 0. The molecule has 0 aromatic heterocycles. The molecule has 0 saturated carbocycles. The number of unbranched alkanes of at least 4 members (excludes halogenated alkanes) is 2. The van der Waals surface area contributed by atoms with Crippen molar-refractivity contribution in [1.82, 2.24) is 0 Å². The van der Waals surface area contributed by atoms with Gasteiger partial charge in [-0.3, -0.25) is 0 Å². The van der Waals surface area contributed by atoms with Gasteiger partial charge in [0.2, 0.25) is 0 Å². The van der Waals surface area contributed by atoms with Crippen LogP contribution >= 0.6 is 22.6 Å². The molecule has 0 heterocycles. The van der Waals surface area contributed by atoms with Gasteiger partial charge in [-0.05, 0) is 6.42 Å². The van der Waals surface area contributed by atoms with Gasteiger partial charge in [-0.25, -0.2) is 4.39 Å². The predicted octanol–water partition coefficient (Wildman–Crippen LogP) is 5.84.